The Kier molecular flexibility index (Phi) is 2.21. The Labute approximate surface area is 71.8 Å². The fraction of sp³-hybridized carbons (Fsp3) is 0.250. The van der Waals surface area contributed by atoms with Crippen LogP contribution in [0.3, 0.4) is 0 Å². The molecule has 1 rings (SSSR count). The molecule has 0 amide bonds. The van der Waals surface area contributed by atoms with E-state index in [9.17, 15) is 13.0 Å². The summed E-state index contributed by atoms with van der Waals surface area (Å²) < 4.78 is 32.0. The van der Waals surface area contributed by atoms with Gasteiger partial charge in [0.15, 0.2) is 0 Å². The van der Waals surface area contributed by atoms with Gasteiger partial charge < -0.3 is 4.55 Å². The zero-order chi connectivity index (χ0) is 9.35. The number of hydrogen-bond acceptors (Lipinski definition) is 3. The van der Waals surface area contributed by atoms with Gasteiger partial charge >= 0.3 is 0 Å². The highest BCUT2D eigenvalue weighted by atomic mass is 32.2. The van der Waals surface area contributed by atoms with E-state index in [0.717, 1.165) is 5.56 Å². The molecule has 12 heavy (non-hydrogen) atoms. The number of hydrogen-bond donors (Lipinski definition) is 0. The molecule has 0 bridgehead atoms. The molecule has 0 aromatic heterocycles. The lowest BCUT2D eigenvalue weighted by Gasteiger charge is -2.11. The van der Waals surface area contributed by atoms with Crippen LogP contribution in [0, 0.1) is 13.8 Å². The van der Waals surface area contributed by atoms with Crippen LogP contribution in [-0.4, -0.2) is 13.0 Å². The average molecular weight is 185 g/mol. The molecule has 0 unspecified atom stereocenters. The molecule has 0 saturated carbocycles. The van der Waals surface area contributed by atoms with Crippen LogP contribution >= 0.6 is 0 Å². The third-order valence-electron chi connectivity index (χ3n) is 1.82. The van der Waals surface area contributed by atoms with Gasteiger partial charge in [0.2, 0.25) is 0 Å². The lowest BCUT2D eigenvalue weighted by Crippen LogP contribution is -2.01. The Morgan fingerprint density at radius 1 is 1.25 bits per heavy atom. The van der Waals surface area contributed by atoms with E-state index in [0.29, 0.717) is 5.56 Å². The largest absolute Gasteiger partial charge is 0.744 e. The van der Waals surface area contributed by atoms with Crippen molar-refractivity contribution >= 4 is 10.1 Å². The second kappa shape index (κ2) is 2.88. The second-order valence-corrected chi connectivity index (χ2v) is 4.00. The van der Waals surface area contributed by atoms with E-state index < -0.39 is 10.1 Å². The molecule has 0 N–H and O–H groups in total. The molecule has 1 aromatic carbocycles. The highest BCUT2D eigenvalue weighted by Gasteiger charge is 2.05. The quantitative estimate of drug-likeness (QED) is 0.618. The SMILES string of the molecule is Cc1cccc(S(=O)(=O)[O-])c1C. The third-order valence-corrected chi connectivity index (χ3v) is 2.81. The van der Waals surface area contributed by atoms with Gasteiger partial charge in [-0.2, -0.15) is 0 Å². The van der Waals surface area contributed by atoms with Crippen molar-refractivity contribution in [1.82, 2.24) is 0 Å². The maximum atomic E-state index is 10.7. The number of rotatable bonds is 1. The number of benzene rings is 1. The molecule has 4 heteroatoms. The minimum Gasteiger partial charge on any atom is -0.744 e. The van der Waals surface area contributed by atoms with Gasteiger partial charge in [0, 0.05) is 0 Å². The van der Waals surface area contributed by atoms with Gasteiger partial charge in [0.1, 0.15) is 10.1 Å². The summed E-state index contributed by atoms with van der Waals surface area (Å²) in [5.74, 6) is 0. The molecule has 0 spiro atoms. The first-order valence-electron chi connectivity index (χ1n) is 3.45. The van der Waals surface area contributed by atoms with Crippen molar-refractivity contribution in [2.24, 2.45) is 0 Å². The van der Waals surface area contributed by atoms with Gasteiger partial charge in [-0.3, -0.25) is 0 Å². The molecule has 66 valence electrons. The van der Waals surface area contributed by atoms with E-state index in [1.807, 2.05) is 0 Å². The van der Waals surface area contributed by atoms with Crippen LogP contribution in [0.15, 0.2) is 23.1 Å². The first-order valence-corrected chi connectivity index (χ1v) is 4.86. The van der Waals surface area contributed by atoms with E-state index in [1.54, 1.807) is 26.0 Å². The Bertz CT molecular complexity index is 393. The van der Waals surface area contributed by atoms with Crippen molar-refractivity contribution in [3.8, 4) is 0 Å². The normalized spacial score (nSPS) is 11.6. The molecule has 0 fully saturated rings. The first kappa shape index (κ1) is 9.22. The van der Waals surface area contributed by atoms with Gasteiger partial charge in [0.05, 0.1) is 4.90 Å². The van der Waals surface area contributed by atoms with E-state index >= 15 is 0 Å². The van der Waals surface area contributed by atoms with E-state index in [2.05, 4.69) is 0 Å². The second-order valence-electron chi connectivity index (χ2n) is 2.65. The molecule has 0 aliphatic rings. The summed E-state index contributed by atoms with van der Waals surface area (Å²) in [5.41, 5.74) is 1.35. The molecule has 0 aliphatic carbocycles. The summed E-state index contributed by atoms with van der Waals surface area (Å²) >= 11 is 0. The predicted octanol–water partition coefficient (Wildman–Crippen LogP) is 1.21. The molecular formula is C8H9O3S-. The molecule has 1 aromatic rings. The molecule has 0 atom stereocenters. The molecule has 0 radical (unpaired) electrons. The van der Waals surface area contributed by atoms with Crippen molar-refractivity contribution in [2.75, 3.05) is 0 Å². The zero-order valence-electron chi connectivity index (χ0n) is 6.87. The fourth-order valence-electron chi connectivity index (χ4n) is 0.995. The van der Waals surface area contributed by atoms with Crippen LogP contribution in [0.25, 0.3) is 0 Å². The van der Waals surface area contributed by atoms with Gasteiger partial charge in [-0.05, 0) is 31.0 Å². The smallest absolute Gasteiger partial charge is 0.124 e. The zero-order valence-corrected chi connectivity index (χ0v) is 7.68. The van der Waals surface area contributed by atoms with Crippen molar-refractivity contribution in [3.05, 3.63) is 29.3 Å². The van der Waals surface area contributed by atoms with E-state index in [1.165, 1.54) is 6.07 Å². The van der Waals surface area contributed by atoms with E-state index in [4.69, 9.17) is 0 Å². The van der Waals surface area contributed by atoms with Crippen molar-refractivity contribution < 1.29 is 13.0 Å². The van der Waals surface area contributed by atoms with Gasteiger partial charge in [-0.15, -0.1) is 0 Å². The van der Waals surface area contributed by atoms with Crippen LogP contribution < -0.4 is 0 Å². The maximum Gasteiger partial charge on any atom is 0.124 e. The topological polar surface area (TPSA) is 57.2 Å². The molecule has 0 saturated heterocycles. The van der Waals surface area contributed by atoms with Gasteiger partial charge in [-0.1, -0.05) is 12.1 Å². The van der Waals surface area contributed by atoms with Crippen molar-refractivity contribution in [1.29, 1.82) is 0 Å². The molecule has 0 aliphatic heterocycles. The lowest BCUT2D eigenvalue weighted by molar-refractivity contribution is 0.462. The highest BCUT2D eigenvalue weighted by Crippen LogP contribution is 2.17. The maximum absolute atomic E-state index is 10.7. The summed E-state index contributed by atoms with van der Waals surface area (Å²) in [6.07, 6.45) is 0. The first-order chi connectivity index (χ1) is 5.43. The monoisotopic (exact) mass is 185 g/mol. The van der Waals surface area contributed by atoms with Gasteiger partial charge in [-0.25, -0.2) is 8.42 Å². The van der Waals surface area contributed by atoms with Crippen LogP contribution in [0.1, 0.15) is 11.1 Å². The summed E-state index contributed by atoms with van der Waals surface area (Å²) in [5, 5.41) is 0. The van der Waals surface area contributed by atoms with Crippen LogP contribution in [0.4, 0.5) is 0 Å². The standard InChI is InChI=1S/C8H10O3S/c1-6-4-3-5-8(7(6)2)12(9,10)11/h3-5H,1-2H3,(H,9,10,11)/p-1. The minimum absolute atomic E-state index is 0.123. The Hall–Kier alpha value is -0.870. The number of aryl methyl sites for hydroxylation is 1. The summed E-state index contributed by atoms with van der Waals surface area (Å²) in [6, 6.07) is 4.65. The lowest BCUT2D eigenvalue weighted by atomic mass is 10.1. The van der Waals surface area contributed by atoms with E-state index in [-0.39, 0.29) is 4.90 Å². The van der Waals surface area contributed by atoms with Crippen LogP contribution in [0.5, 0.6) is 0 Å². The van der Waals surface area contributed by atoms with Gasteiger partial charge in [0.25, 0.3) is 0 Å². The Morgan fingerprint density at radius 3 is 2.25 bits per heavy atom. The Balaban J connectivity index is 3.47. The molecule has 3 nitrogen and oxygen atoms in total. The minimum atomic E-state index is -4.31. The van der Waals surface area contributed by atoms with Crippen LogP contribution in [-0.2, 0) is 10.1 Å². The van der Waals surface area contributed by atoms with Crippen molar-refractivity contribution in [3.63, 3.8) is 0 Å². The fourth-order valence-corrected chi connectivity index (χ4v) is 1.78. The average Bonchev–Trinajstić information content (AvgIpc) is 1.92. The Morgan fingerprint density at radius 2 is 1.83 bits per heavy atom. The summed E-state index contributed by atoms with van der Waals surface area (Å²) in [7, 11) is -4.31. The molecule has 0 heterocycles. The van der Waals surface area contributed by atoms with Crippen molar-refractivity contribution in [2.45, 2.75) is 18.7 Å². The summed E-state index contributed by atoms with van der Waals surface area (Å²) in [4.78, 5) is -0.123. The van der Waals surface area contributed by atoms with Crippen LogP contribution in [0.2, 0.25) is 0 Å². The predicted molar refractivity (Wildman–Crippen MR) is 43.9 cm³/mol. The molecular weight excluding hydrogens is 176 g/mol. The highest BCUT2D eigenvalue weighted by molar-refractivity contribution is 7.85. The third kappa shape index (κ3) is 1.65. The summed E-state index contributed by atoms with van der Waals surface area (Å²) in [6.45, 7) is 3.39.